The van der Waals surface area contributed by atoms with Gasteiger partial charge in [-0.25, -0.2) is 9.97 Å². The number of benzene rings is 1. The number of nitrogens with zero attached hydrogens (tertiary/aromatic N) is 2. The first kappa shape index (κ1) is 12.3. The summed E-state index contributed by atoms with van der Waals surface area (Å²) in [5, 5.41) is 0. The van der Waals surface area contributed by atoms with Crippen LogP contribution in [0.2, 0.25) is 0 Å². The smallest absolute Gasteiger partial charge is 0.216 e. The molecule has 0 spiro atoms. The zero-order valence-electron chi connectivity index (χ0n) is 9.14. The van der Waals surface area contributed by atoms with Crippen LogP contribution in [0.25, 0.3) is 0 Å². The lowest BCUT2D eigenvalue weighted by Crippen LogP contribution is -2.02. The minimum atomic E-state index is 0.391. The second-order valence-corrected chi connectivity index (χ2v) is 4.72. The van der Waals surface area contributed by atoms with Gasteiger partial charge in [-0.15, -0.1) is 0 Å². The maximum Gasteiger partial charge on any atom is 0.216 e. The monoisotopic (exact) mass is 341 g/mol. The average molecular weight is 341 g/mol. The number of hydrogen-bond acceptors (Lipinski definition) is 4. The highest BCUT2D eigenvalue weighted by Gasteiger charge is 1.99. The molecule has 2 rings (SSSR count). The minimum Gasteiger partial charge on any atom is -0.473 e. The Hall–Kier alpha value is -1.21. The largest absolute Gasteiger partial charge is 0.473 e. The van der Waals surface area contributed by atoms with Gasteiger partial charge in [-0.2, -0.15) is 0 Å². The summed E-state index contributed by atoms with van der Waals surface area (Å²) in [5.41, 5.74) is 7.39. The molecule has 0 radical (unpaired) electrons. The number of nitrogens with two attached hydrogens (primary N) is 1. The van der Waals surface area contributed by atoms with E-state index < -0.39 is 0 Å². The zero-order chi connectivity index (χ0) is 12.1. The Morgan fingerprint density at radius 1 is 1.24 bits per heavy atom. The van der Waals surface area contributed by atoms with Crippen LogP contribution in [0.15, 0.2) is 36.7 Å². The summed E-state index contributed by atoms with van der Waals surface area (Å²) in [6.45, 7) is 0.889. The van der Waals surface area contributed by atoms with E-state index >= 15 is 0 Å². The molecule has 0 saturated carbocycles. The SMILES string of the molecule is NCc1cc(OCc2cccc(I)c2)ncn1. The molecule has 1 aromatic heterocycles. The fourth-order valence-electron chi connectivity index (χ4n) is 1.35. The van der Waals surface area contributed by atoms with Crippen LogP contribution in [0, 0.1) is 3.57 Å². The van der Waals surface area contributed by atoms with Gasteiger partial charge in [0.1, 0.15) is 12.9 Å². The first-order valence-corrected chi connectivity index (χ1v) is 6.24. The highest BCUT2D eigenvalue weighted by Crippen LogP contribution is 2.12. The molecule has 1 heterocycles. The molecule has 0 aliphatic rings. The molecule has 0 bridgehead atoms. The lowest BCUT2D eigenvalue weighted by atomic mass is 10.2. The molecular weight excluding hydrogens is 329 g/mol. The van der Waals surface area contributed by atoms with Gasteiger partial charge >= 0.3 is 0 Å². The van der Waals surface area contributed by atoms with E-state index in [1.807, 2.05) is 18.2 Å². The lowest BCUT2D eigenvalue weighted by molar-refractivity contribution is 0.292. The van der Waals surface area contributed by atoms with E-state index in [-0.39, 0.29) is 0 Å². The second kappa shape index (κ2) is 5.92. The van der Waals surface area contributed by atoms with E-state index in [4.69, 9.17) is 10.5 Å². The van der Waals surface area contributed by atoms with Crippen LogP contribution in [0.3, 0.4) is 0 Å². The van der Waals surface area contributed by atoms with E-state index in [1.54, 1.807) is 6.07 Å². The Morgan fingerprint density at radius 3 is 2.88 bits per heavy atom. The molecule has 0 saturated heterocycles. The molecule has 0 aliphatic heterocycles. The summed E-state index contributed by atoms with van der Waals surface area (Å²) in [6, 6.07) is 9.90. The molecule has 0 amide bonds. The molecule has 2 N–H and O–H groups in total. The number of aromatic nitrogens is 2. The number of ether oxygens (including phenoxy) is 1. The van der Waals surface area contributed by atoms with Crippen LogP contribution in [0.1, 0.15) is 11.3 Å². The normalized spacial score (nSPS) is 10.2. The highest BCUT2D eigenvalue weighted by molar-refractivity contribution is 14.1. The summed E-state index contributed by atoms with van der Waals surface area (Å²) in [4.78, 5) is 8.04. The van der Waals surface area contributed by atoms with Gasteiger partial charge in [0, 0.05) is 16.2 Å². The number of rotatable bonds is 4. The van der Waals surface area contributed by atoms with E-state index in [0.29, 0.717) is 19.0 Å². The minimum absolute atomic E-state index is 0.391. The van der Waals surface area contributed by atoms with Crippen molar-refractivity contribution in [3.8, 4) is 5.88 Å². The predicted octanol–water partition coefficient (Wildman–Crippen LogP) is 2.12. The van der Waals surface area contributed by atoms with Crippen LogP contribution < -0.4 is 10.5 Å². The molecule has 0 fully saturated rings. The third-order valence-corrected chi connectivity index (χ3v) is 2.85. The molecule has 17 heavy (non-hydrogen) atoms. The van der Waals surface area contributed by atoms with Crippen molar-refractivity contribution in [3.63, 3.8) is 0 Å². The van der Waals surface area contributed by atoms with Crippen LogP contribution in [0.4, 0.5) is 0 Å². The average Bonchev–Trinajstić information content (AvgIpc) is 2.37. The summed E-state index contributed by atoms with van der Waals surface area (Å²) < 4.78 is 6.77. The quantitative estimate of drug-likeness (QED) is 0.866. The fraction of sp³-hybridized carbons (Fsp3) is 0.167. The van der Waals surface area contributed by atoms with Crippen molar-refractivity contribution >= 4 is 22.6 Å². The van der Waals surface area contributed by atoms with Crippen LogP contribution in [-0.4, -0.2) is 9.97 Å². The first-order chi connectivity index (χ1) is 8.28. The van der Waals surface area contributed by atoms with Crippen molar-refractivity contribution in [3.05, 3.63) is 51.5 Å². The summed E-state index contributed by atoms with van der Waals surface area (Å²) in [7, 11) is 0. The van der Waals surface area contributed by atoms with Crippen molar-refractivity contribution < 1.29 is 4.74 Å². The van der Waals surface area contributed by atoms with Gasteiger partial charge in [-0.3, -0.25) is 0 Å². The van der Waals surface area contributed by atoms with E-state index in [1.165, 1.54) is 9.90 Å². The maximum absolute atomic E-state index is 5.58. The maximum atomic E-state index is 5.58. The predicted molar refractivity (Wildman–Crippen MR) is 73.4 cm³/mol. The number of halogens is 1. The van der Waals surface area contributed by atoms with Gasteiger partial charge < -0.3 is 10.5 Å². The first-order valence-electron chi connectivity index (χ1n) is 5.16. The van der Waals surface area contributed by atoms with Crippen molar-refractivity contribution in [1.29, 1.82) is 0 Å². The van der Waals surface area contributed by atoms with E-state index in [2.05, 4.69) is 38.6 Å². The standard InChI is InChI=1S/C12H12IN3O/c13-10-3-1-2-9(4-10)7-17-12-5-11(6-14)15-8-16-12/h1-5,8H,6-7,14H2. The van der Waals surface area contributed by atoms with Crippen LogP contribution in [0.5, 0.6) is 5.88 Å². The topological polar surface area (TPSA) is 61.0 Å². The van der Waals surface area contributed by atoms with Gasteiger partial charge in [0.05, 0.1) is 5.69 Å². The van der Waals surface area contributed by atoms with E-state index in [9.17, 15) is 0 Å². The molecule has 88 valence electrons. The Labute approximate surface area is 113 Å². The lowest BCUT2D eigenvalue weighted by Gasteiger charge is -2.06. The van der Waals surface area contributed by atoms with Crippen LogP contribution in [-0.2, 0) is 13.2 Å². The Bertz CT molecular complexity index is 505. The molecule has 1 aromatic carbocycles. The Kier molecular flexibility index (Phi) is 4.27. The van der Waals surface area contributed by atoms with Crippen LogP contribution >= 0.6 is 22.6 Å². The molecule has 2 aromatic rings. The van der Waals surface area contributed by atoms with Gasteiger partial charge in [0.2, 0.25) is 5.88 Å². The molecule has 0 atom stereocenters. The fourth-order valence-corrected chi connectivity index (χ4v) is 1.96. The Morgan fingerprint density at radius 2 is 2.12 bits per heavy atom. The van der Waals surface area contributed by atoms with Crippen molar-refractivity contribution in [1.82, 2.24) is 9.97 Å². The molecule has 5 heteroatoms. The molecule has 4 nitrogen and oxygen atoms in total. The summed E-state index contributed by atoms with van der Waals surface area (Å²) in [6.07, 6.45) is 1.46. The van der Waals surface area contributed by atoms with Gasteiger partial charge in [0.25, 0.3) is 0 Å². The molecule has 0 unspecified atom stereocenters. The van der Waals surface area contributed by atoms with Gasteiger partial charge in [-0.1, -0.05) is 12.1 Å². The zero-order valence-corrected chi connectivity index (χ0v) is 11.3. The third-order valence-electron chi connectivity index (χ3n) is 2.18. The van der Waals surface area contributed by atoms with Gasteiger partial charge in [0.15, 0.2) is 0 Å². The summed E-state index contributed by atoms with van der Waals surface area (Å²) >= 11 is 2.27. The third kappa shape index (κ3) is 3.64. The molecular formula is C12H12IN3O. The van der Waals surface area contributed by atoms with Gasteiger partial charge in [-0.05, 0) is 40.3 Å². The number of hydrogen-bond donors (Lipinski definition) is 1. The van der Waals surface area contributed by atoms with Crippen molar-refractivity contribution in [2.75, 3.05) is 0 Å². The Balaban J connectivity index is 2.02. The van der Waals surface area contributed by atoms with E-state index in [0.717, 1.165) is 11.3 Å². The molecule has 0 aliphatic carbocycles. The van der Waals surface area contributed by atoms with Crippen molar-refractivity contribution in [2.45, 2.75) is 13.2 Å². The summed E-state index contributed by atoms with van der Waals surface area (Å²) in [5.74, 6) is 0.555. The highest BCUT2D eigenvalue weighted by atomic mass is 127. The van der Waals surface area contributed by atoms with Crippen molar-refractivity contribution in [2.24, 2.45) is 5.73 Å². The second-order valence-electron chi connectivity index (χ2n) is 3.47.